The third-order valence-corrected chi connectivity index (χ3v) is 1.91. The highest BCUT2D eigenvalue weighted by molar-refractivity contribution is 5.79. The van der Waals surface area contributed by atoms with Gasteiger partial charge in [0.2, 0.25) is 0 Å². The Hall–Kier alpha value is -2.28. The molecule has 2 rings (SSSR count). The van der Waals surface area contributed by atoms with Gasteiger partial charge in [-0.05, 0) is 18.2 Å². The third-order valence-electron chi connectivity index (χ3n) is 1.91. The van der Waals surface area contributed by atoms with Gasteiger partial charge in [0.1, 0.15) is 6.42 Å². The van der Waals surface area contributed by atoms with Crippen molar-refractivity contribution in [1.29, 1.82) is 0 Å². The average Bonchev–Trinajstić information content (AvgIpc) is 2.64. The van der Waals surface area contributed by atoms with Crippen molar-refractivity contribution in [2.24, 2.45) is 0 Å². The second-order valence-electron chi connectivity index (χ2n) is 3.04. The van der Waals surface area contributed by atoms with Crippen LogP contribution in [-0.4, -0.2) is 21.3 Å². The lowest BCUT2D eigenvalue weighted by Crippen LogP contribution is -1.90. The van der Waals surface area contributed by atoms with Crippen LogP contribution in [0.25, 0.3) is 10.9 Å². The van der Waals surface area contributed by atoms with Crippen LogP contribution in [0.4, 0.5) is 0 Å². The quantitative estimate of drug-likeness (QED) is 0.683. The Bertz CT molecular complexity index is 560. The van der Waals surface area contributed by atoms with Crippen molar-refractivity contribution in [1.82, 2.24) is 10.2 Å². The predicted octanol–water partition coefficient (Wildman–Crippen LogP) is 1.39. The minimum Gasteiger partial charge on any atom is -0.481 e. The minimum atomic E-state index is -0.910. The van der Waals surface area contributed by atoms with Gasteiger partial charge in [0.25, 0.3) is 0 Å². The molecule has 0 amide bonds. The summed E-state index contributed by atoms with van der Waals surface area (Å²) in [6.45, 7) is 0. The predicted molar refractivity (Wildman–Crippen MR) is 55.2 cm³/mol. The molecule has 0 saturated carbocycles. The van der Waals surface area contributed by atoms with Crippen molar-refractivity contribution in [3.05, 3.63) is 30.0 Å². The first-order valence-electron chi connectivity index (χ1n) is 4.39. The molecular weight excluding hydrogens is 192 g/mol. The van der Waals surface area contributed by atoms with Crippen LogP contribution < -0.4 is 0 Å². The zero-order chi connectivity index (χ0) is 10.7. The fourth-order valence-corrected chi connectivity index (χ4v) is 1.24. The van der Waals surface area contributed by atoms with Crippen molar-refractivity contribution in [3.63, 3.8) is 0 Å². The molecule has 0 atom stereocenters. The first kappa shape index (κ1) is 9.28. The van der Waals surface area contributed by atoms with E-state index in [0.717, 1.165) is 16.5 Å². The Morgan fingerprint density at radius 1 is 1.53 bits per heavy atom. The Morgan fingerprint density at radius 3 is 3.20 bits per heavy atom. The fraction of sp³-hybridized carbons (Fsp3) is 0.0909. The number of H-pyrrole nitrogens is 1. The Balaban J connectivity index is 2.27. The molecule has 4 heteroatoms. The molecule has 0 unspecified atom stereocenters. The molecule has 0 saturated heterocycles. The summed E-state index contributed by atoms with van der Waals surface area (Å²) in [6.07, 6.45) is 1.57. The van der Waals surface area contributed by atoms with Crippen LogP contribution in [0.15, 0.2) is 24.4 Å². The number of nitrogens with one attached hydrogen (secondary N) is 1. The molecule has 0 aliphatic heterocycles. The Labute approximate surface area is 85.9 Å². The van der Waals surface area contributed by atoms with Crippen LogP contribution in [0.3, 0.4) is 0 Å². The second kappa shape index (κ2) is 3.84. The minimum absolute atomic E-state index is 0.135. The van der Waals surface area contributed by atoms with E-state index in [1.165, 1.54) is 0 Å². The third kappa shape index (κ3) is 2.15. The summed E-state index contributed by atoms with van der Waals surface area (Å²) >= 11 is 0. The number of carboxylic acid groups (broad SMARTS) is 1. The number of aliphatic carboxylic acids is 1. The molecule has 0 aliphatic rings. The Kier molecular flexibility index (Phi) is 2.38. The molecule has 0 spiro atoms. The Morgan fingerprint density at radius 2 is 2.40 bits per heavy atom. The van der Waals surface area contributed by atoms with E-state index >= 15 is 0 Å². The maximum atomic E-state index is 10.2. The lowest BCUT2D eigenvalue weighted by atomic mass is 10.1. The van der Waals surface area contributed by atoms with Gasteiger partial charge in [0, 0.05) is 10.9 Å². The van der Waals surface area contributed by atoms with Crippen molar-refractivity contribution < 1.29 is 9.90 Å². The van der Waals surface area contributed by atoms with E-state index < -0.39 is 5.97 Å². The summed E-state index contributed by atoms with van der Waals surface area (Å²) in [6, 6.07) is 5.57. The maximum Gasteiger partial charge on any atom is 0.315 e. The molecule has 0 radical (unpaired) electrons. The topological polar surface area (TPSA) is 66.0 Å². The number of benzene rings is 1. The van der Waals surface area contributed by atoms with Gasteiger partial charge in [-0.2, -0.15) is 5.10 Å². The summed E-state index contributed by atoms with van der Waals surface area (Å²) in [5.74, 6) is 4.45. The summed E-state index contributed by atoms with van der Waals surface area (Å²) in [5.41, 5.74) is 1.74. The number of fused-ring (bicyclic) bond motifs is 1. The highest BCUT2D eigenvalue weighted by atomic mass is 16.4. The number of hydrogen-bond acceptors (Lipinski definition) is 2. The smallest absolute Gasteiger partial charge is 0.315 e. The number of carbonyl (C=O) groups is 1. The normalized spacial score (nSPS) is 9.60. The highest BCUT2D eigenvalue weighted by Gasteiger charge is 1.95. The summed E-state index contributed by atoms with van der Waals surface area (Å²) < 4.78 is 0. The number of hydrogen-bond donors (Lipinski definition) is 2. The molecule has 4 nitrogen and oxygen atoms in total. The SMILES string of the molecule is O=C(O)CC#Cc1ccc2[nH]ncc2c1. The van der Waals surface area contributed by atoms with Crippen molar-refractivity contribution in [2.45, 2.75) is 6.42 Å². The molecule has 1 aromatic heterocycles. The summed E-state index contributed by atoms with van der Waals surface area (Å²) in [5, 5.41) is 16.1. The van der Waals surface area contributed by atoms with Crippen LogP contribution in [0.5, 0.6) is 0 Å². The van der Waals surface area contributed by atoms with Gasteiger partial charge in [-0.25, -0.2) is 0 Å². The zero-order valence-corrected chi connectivity index (χ0v) is 7.82. The number of aromatic nitrogens is 2. The van der Waals surface area contributed by atoms with Crippen LogP contribution in [0.2, 0.25) is 0 Å². The van der Waals surface area contributed by atoms with Gasteiger partial charge in [0.15, 0.2) is 0 Å². The second-order valence-corrected chi connectivity index (χ2v) is 3.04. The van der Waals surface area contributed by atoms with Crippen molar-refractivity contribution in [3.8, 4) is 11.8 Å². The fourth-order valence-electron chi connectivity index (χ4n) is 1.24. The van der Waals surface area contributed by atoms with Gasteiger partial charge in [0.05, 0.1) is 11.7 Å². The van der Waals surface area contributed by atoms with Crippen LogP contribution in [0, 0.1) is 11.8 Å². The first-order valence-corrected chi connectivity index (χ1v) is 4.39. The highest BCUT2D eigenvalue weighted by Crippen LogP contribution is 2.11. The number of aromatic amines is 1. The average molecular weight is 200 g/mol. The van der Waals surface area contributed by atoms with E-state index in [9.17, 15) is 4.79 Å². The molecule has 2 N–H and O–H groups in total. The molecule has 0 fully saturated rings. The number of rotatable bonds is 1. The summed E-state index contributed by atoms with van der Waals surface area (Å²) in [4.78, 5) is 10.2. The standard InChI is InChI=1S/C11H8N2O2/c14-11(15)3-1-2-8-4-5-10-9(6-8)7-12-13-10/h4-7H,3H2,(H,12,13)(H,14,15). The molecule has 2 aromatic rings. The molecule has 0 bridgehead atoms. The molecule has 1 heterocycles. The largest absolute Gasteiger partial charge is 0.481 e. The molecule has 74 valence electrons. The lowest BCUT2D eigenvalue weighted by molar-refractivity contribution is -0.135. The van der Waals surface area contributed by atoms with Gasteiger partial charge < -0.3 is 5.11 Å². The molecule has 1 aromatic carbocycles. The summed E-state index contributed by atoms with van der Waals surface area (Å²) in [7, 11) is 0. The van der Waals surface area contributed by atoms with Gasteiger partial charge in [-0.3, -0.25) is 9.89 Å². The van der Waals surface area contributed by atoms with E-state index in [2.05, 4.69) is 22.0 Å². The van der Waals surface area contributed by atoms with Gasteiger partial charge in [-0.15, -0.1) is 0 Å². The van der Waals surface area contributed by atoms with E-state index in [1.54, 1.807) is 6.20 Å². The first-order chi connectivity index (χ1) is 7.25. The number of nitrogens with zero attached hydrogens (tertiary/aromatic N) is 1. The van der Waals surface area contributed by atoms with Crippen LogP contribution in [-0.2, 0) is 4.79 Å². The van der Waals surface area contributed by atoms with Crippen LogP contribution in [0.1, 0.15) is 12.0 Å². The van der Waals surface area contributed by atoms with Crippen LogP contribution >= 0.6 is 0 Å². The van der Waals surface area contributed by atoms with E-state index in [1.807, 2.05) is 18.2 Å². The van der Waals surface area contributed by atoms with E-state index in [0.29, 0.717) is 0 Å². The zero-order valence-electron chi connectivity index (χ0n) is 7.82. The molecule has 15 heavy (non-hydrogen) atoms. The van der Waals surface area contributed by atoms with Crippen molar-refractivity contribution >= 4 is 16.9 Å². The van der Waals surface area contributed by atoms with E-state index in [-0.39, 0.29) is 6.42 Å². The van der Waals surface area contributed by atoms with Gasteiger partial charge >= 0.3 is 5.97 Å². The van der Waals surface area contributed by atoms with Gasteiger partial charge in [-0.1, -0.05) is 11.8 Å². The number of carboxylic acids is 1. The monoisotopic (exact) mass is 200 g/mol. The molecular formula is C11H8N2O2. The maximum absolute atomic E-state index is 10.2. The lowest BCUT2D eigenvalue weighted by Gasteiger charge is -1.90. The van der Waals surface area contributed by atoms with E-state index in [4.69, 9.17) is 5.11 Å². The molecule has 0 aliphatic carbocycles. The van der Waals surface area contributed by atoms with Crippen molar-refractivity contribution in [2.75, 3.05) is 0 Å².